The molecular formula is C19H21N3O5. The van der Waals surface area contributed by atoms with E-state index in [9.17, 15) is 0 Å². The van der Waals surface area contributed by atoms with Crippen molar-refractivity contribution in [3.8, 4) is 45.7 Å². The quantitative estimate of drug-likeness (QED) is 0.632. The minimum Gasteiger partial charge on any atom is -0.493 e. The number of ether oxygens (including phenoxy) is 5. The monoisotopic (exact) mass is 371 g/mol. The normalized spacial score (nSPS) is 10.4. The summed E-state index contributed by atoms with van der Waals surface area (Å²) >= 11 is 0. The highest BCUT2D eigenvalue weighted by molar-refractivity contribution is 5.68. The van der Waals surface area contributed by atoms with Crippen LogP contribution in [-0.4, -0.2) is 50.5 Å². The predicted octanol–water partition coefficient (Wildman–Crippen LogP) is 2.98. The van der Waals surface area contributed by atoms with Crippen molar-refractivity contribution in [2.24, 2.45) is 0 Å². The minimum atomic E-state index is 0.524. The fourth-order valence-corrected chi connectivity index (χ4v) is 2.72. The van der Waals surface area contributed by atoms with Crippen molar-refractivity contribution < 1.29 is 23.7 Å². The van der Waals surface area contributed by atoms with E-state index in [2.05, 4.69) is 10.3 Å². The van der Waals surface area contributed by atoms with Crippen LogP contribution in [0.25, 0.3) is 16.9 Å². The molecule has 0 N–H and O–H groups in total. The molecule has 1 heterocycles. The summed E-state index contributed by atoms with van der Waals surface area (Å²) in [5.74, 6) is 2.88. The van der Waals surface area contributed by atoms with Gasteiger partial charge in [0.25, 0.3) is 0 Å². The van der Waals surface area contributed by atoms with Gasteiger partial charge in [-0.15, -0.1) is 5.10 Å². The predicted molar refractivity (Wildman–Crippen MR) is 99.6 cm³/mol. The zero-order valence-electron chi connectivity index (χ0n) is 15.8. The summed E-state index contributed by atoms with van der Waals surface area (Å²) in [4.78, 5) is 0. The molecule has 0 aliphatic heterocycles. The largest absolute Gasteiger partial charge is 0.493 e. The maximum Gasteiger partial charge on any atom is 0.203 e. The Morgan fingerprint density at radius 3 is 1.89 bits per heavy atom. The minimum absolute atomic E-state index is 0.524. The lowest BCUT2D eigenvalue weighted by molar-refractivity contribution is 0.324. The van der Waals surface area contributed by atoms with Gasteiger partial charge >= 0.3 is 0 Å². The number of rotatable bonds is 7. The smallest absolute Gasteiger partial charge is 0.203 e. The van der Waals surface area contributed by atoms with Gasteiger partial charge in [-0.2, -0.15) is 0 Å². The zero-order chi connectivity index (χ0) is 19.4. The Hall–Kier alpha value is -3.42. The molecule has 0 saturated carbocycles. The van der Waals surface area contributed by atoms with E-state index in [0.717, 1.165) is 11.3 Å². The molecule has 0 radical (unpaired) electrons. The van der Waals surface area contributed by atoms with Crippen molar-refractivity contribution in [2.75, 3.05) is 35.5 Å². The van der Waals surface area contributed by atoms with E-state index in [1.54, 1.807) is 40.2 Å². The highest BCUT2D eigenvalue weighted by Crippen LogP contribution is 2.40. The lowest BCUT2D eigenvalue weighted by Crippen LogP contribution is -1.97. The SMILES string of the molecule is COc1ccc(-n2cc(-c3cc(OC)c(OC)c(OC)c3)nn2)cc1OC. The zero-order valence-corrected chi connectivity index (χ0v) is 15.8. The van der Waals surface area contributed by atoms with Crippen molar-refractivity contribution >= 4 is 0 Å². The van der Waals surface area contributed by atoms with E-state index < -0.39 is 0 Å². The van der Waals surface area contributed by atoms with E-state index in [-0.39, 0.29) is 0 Å². The molecule has 0 unspecified atom stereocenters. The van der Waals surface area contributed by atoms with Crippen LogP contribution in [0.2, 0.25) is 0 Å². The molecule has 27 heavy (non-hydrogen) atoms. The first-order valence-electron chi connectivity index (χ1n) is 8.10. The van der Waals surface area contributed by atoms with Gasteiger partial charge in [-0.3, -0.25) is 0 Å². The van der Waals surface area contributed by atoms with Crippen LogP contribution in [0.3, 0.4) is 0 Å². The highest BCUT2D eigenvalue weighted by atomic mass is 16.5. The average molecular weight is 371 g/mol. The van der Waals surface area contributed by atoms with Gasteiger partial charge in [0.15, 0.2) is 23.0 Å². The average Bonchev–Trinajstić information content (AvgIpc) is 3.22. The van der Waals surface area contributed by atoms with Gasteiger partial charge in [0.05, 0.1) is 47.4 Å². The molecule has 3 aromatic rings. The first-order valence-corrected chi connectivity index (χ1v) is 8.10. The van der Waals surface area contributed by atoms with Crippen molar-refractivity contribution in [3.63, 3.8) is 0 Å². The number of benzene rings is 2. The number of hydrogen-bond donors (Lipinski definition) is 0. The molecule has 3 rings (SSSR count). The second-order valence-corrected chi connectivity index (χ2v) is 5.50. The number of hydrogen-bond acceptors (Lipinski definition) is 7. The van der Waals surface area contributed by atoms with Gasteiger partial charge < -0.3 is 23.7 Å². The Balaban J connectivity index is 2.01. The van der Waals surface area contributed by atoms with Gasteiger partial charge in [-0.05, 0) is 24.3 Å². The summed E-state index contributed by atoms with van der Waals surface area (Å²) in [5.41, 5.74) is 2.24. The van der Waals surface area contributed by atoms with Gasteiger partial charge in [-0.1, -0.05) is 5.21 Å². The number of methoxy groups -OCH3 is 5. The summed E-state index contributed by atoms with van der Waals surface area (Å²) < 4.78 is 28.4. The third kappa shape index (κ3) is 3.46. The van der Waals surface area contributed by atoms with Crippen molar-refractivity contribution in [3.05, 3.63) is 36.5 Å². The van der Waals surface area contributed by atoms with Crippen LogP contribution in [0.1, 0.15) is 0 Å². The van der Waals surface area contributed by atoms with E-state index >= 15 is 0 Å². The van der Waals surface area contributed by atoms with Gasteiger partial charge in [0.2, 0.25) is 5.75 Å². The summed E-state index contributed by atoms with van der Waals surface area (Å²) in [6.07, 6.45) is 1.81. The van der Waals surface area contributed by atoms with Crippen LogP contribution in [0, 0.1) is 0 Å². The molecule has 142 valence electrons. The second kappa shape index (κ2) is 7.86. The van der Waals surface area contributed by atoms with Gasteiger partial charge in [0.1, 0.15) is 5.69 Å². The molecule has 1 aromatic heterocycles. The Morgan fingerprint density at radius 2 is 1.33 bits per heavy atom. The standard InChI is InChI=1S/C19H21N3O5/c1-23-15-7-6-13(10-16(15)24-2)22-11-14(20-21-22)12-8-17(25-3)19(27-5)18(9-12)26-4/h6-11H,1-5H3. The molecular weight excluding hydrogens is 350 g/mol. The lowest BCUT2D eigenvalue weighted by atomic mass is 10.1. The molecule has 0 aliphatic carbocycles. The molecule has 0 saturated heterocycles. The fourth-order valence-electron chi connectivity index (χ4n) is 2.72. The summed E-state index contributed by atoms with van der Waals surface area (Å²) in [6, 6.07) is 9.16. The maximum absolute atomic E-state index is 5.40. The van der Waals surface area contributed by atoms with E-state index in [4.69, 9.17) is 23.7 Å². The van der Waals surface area contributed by atoms with Crippen LogP contribution < -0.4 is 23.7 Å². The van der Waals surface area contributed by atoms with Crippen LogP contribution in [-0.2, 0) is 0 Å². The van der Waals surface area contributed by atoms with E-state index in [0.29, 0.717) is 34.4 Å². The summed E-state index contributed by atoms with van der Waals surface area (Å²) in [7, 11) is 7.89. The van der Waals surface area contributed by atoms with E-state index in [1.165, 1.54) is 0 Å². The van der Waals surface area contributed by atoms with Crippen LogP contribution in [0.5, 0.6) is 28.7 Å². The molecule has 0 amide bonds. The summed E-state index contributed by atoms with van der Waals surface area (Å²) in [6.45, 7) is 0. The molecule has 0 bridgehead atoms. The molecule has 0 fully saturated rings. The van der Waals surface area contributed by atoms with E-state index in [1.807, 2.05) is 36.5 Å². The van der Waals surface area contributed by atoms with Crippen molar-refractivity contribution in [2.45, 2.75) is 0 Å². The molecule has 0 aliphatic rings. The molecule has 8 nitrogen and oxygen atoms in total. The highest BCUT2D eigenvalue weighted by Gasteiger charge is 2.16. The Kier molecular flexibility index (Phi) is 5.35. The Labute approximate surface area is 157 Å². The van der Waals surface area contributed by atoms with Crippen LogP contribution >= 0.6 is 0 Å². The van der Waals surface area contributed by atoms with Crippen molar-refractivity contribution in [1.82, 2.24) is 15.0 Å². The lowest BCUT2D eigenvalue weighted by Gasteiger charge is -2.13. The van der Waals surface area contributed by atoms with Gasteiger partial charge in [-0.25, -0.2) is 4.68 Å². The molecule has 2 aromatic carbocycles. The third-order valence-corrected chi connectivity index (χ3v) is 4.09. The number of nitrogens with zero attached hydrogens (tertiary/aromatic N) is 3. The van der Waals surface area contributed by atoms with Gasteiger partial charge in [0, 0.05) is 11.6 Å². The summed E-state index contributed by atoms with van der Waals surface area (Å²) in [5, 5.41) is 8.46. The fraction of sp³-hybridized carbons (Fsp3) is 0.263. The van der Waals surface area contributed by atoms with Crippen LogP contribution in [0.4, 0.5) is 0 Å². The number of aromatic nitrogens is 3. The van der Waals surface area contributed by atoms with Crippen LogP contribution in [0.15, 0.2) is 36.5 Å². The molecule has 0 spiro atoms. The van der Waals surface area contributed by atoms with Crippen molar-refractivity contribution in [1.29, 1.82) is 0 Å². The topological polar surface area (TPSA) is 76.9 Å². The first-order chi connectivity index (χ1) is 13.1. The molecule has 8 heteroatoms. The maximum atomic E-state index is 5.40. The Morgan fingerprint density at radius 1 is 0.704 bits per heavy atom. The Bertz CT molecular complexity index is 914. The third-order valence-electron chi connectivity index (χ3n) is 4.09. The molecule has 0 atom stereocenters. The second-order valence-electron chi connectivity index (χ2n) is 5.50. The first kappa shape index (κ1) is 18.4.